The van der Waals surface area contributed by atoms with Crippen molar-refractivity contribution in [1.82, 2.24) is 9.80 Å². The minimum atomic E-state index is -1.08. The van der Waals surface area contributed by atoms with Crippen molar-refractivity contribution >= 4 is 29.2 Å². The maximum Gasteiger partial charge on any atom is 1.00 e. The molecule has 0 aliphatic carbocycles. The van der Waals surface area contributed by atoms with E-state index in [1.165, 1.54) is 0 Å². The van der Waals surface area contributed by atoms with Crippen LogP contribution in [0.15, 0.2) is 10.3 Å². The molecule has 1 aliphatic heterocycles. The Bertz CT molecular complexity index is 260. The molecule has 16 heavy (non-hydrogen) atoms. The van der Waals surface area contributed by atoms with Gasteiger partial charge in [0.1, 0.15) is 10.3 Å². The van der Waals surface area contributed by atoms with E-state index in [4.69, 9.17) is 38.2 Å². The predicted molar refractivity (Wildman–Crippen MR) is 55.3 cm³/mol. The predicted octanol–water partition coefficient (Wildman–Crippen LogP) is -0.297. The smallest absolute Gasteiger partial charge is 0.550 e. The molecule has 1 rings (SSSR count). The molecule has 0 unspecified atom stereocenters. The van der Waals surface area contributed by atoms with Gasteiger partial charge in [-0.1, -0.05) is 23.2 Å². The number of nitrogens with zero attached hydrogens (tertiary/aromatic N) is 2. The number of β-amino-alcohol motifs (C(OH)–C–C–N with tert-alkyl or cyclic N) is 1. The largest absolute Gasteiger partial charge is 1.00 e. The number of hydrogen-bond acceptors (Lipinski definition) is 5. The topological polar surface area (TPSA) is 66.8 Å². The van der Waals surface area contributed by atoms with Crippen LogP contribution in [0.3, 0.4) is 0 Å². The summed E-state index contributed by atoms with van der Waals surface area (Å²) in [5, 5.41) is 18.4. The van der Waals surface area contributed by atoms with Crippen molar-refractivity contribution in [2.24, 2.45) is 0 Å². The minimum absolute atomic E-state index is 0. The Morgan fingerprint density at radius 3 is 2.19 bits per heavy atom. The monoisotopic (exact) mass is 361 g/mol. The molecule has 0 aromatic carbocycles. The van der Waals surface area contributed by atoms with Crippen molar-refractivity contribution in [3.05, 3.63) is 17.0 Å². The van der Waals surface area contributed by atoms with Crippen LogP contribution in [0.2, 0.25) is 0 Å². The van der Waals surface area contributed by atoms with Crippen molar-refractivity contribution < 1.29 is 37.4 Å². The summed E-state index contributed by atoms with van der Waals surface area (Å²) in [4.78, 5) is 12.3. The number of aliphatic hydroxyl groups excluding tert-OH is 1. The first kappa shape index (κ1) is 18.5. The molecule has 0 bridgehead atoms. The third-order valence-electron chi connectivity index (χ3n) is 1.39. The Kier molecular flexibility index (Phi) is 10.6. The Labute approximate surface area is 120 Å². The number of rotatable bonds is 2. The molecule has 0 saturated carbocycles. The van der Waals surface area contributed by atoms with E-state index >= 15 is 0 Å². The first-order chi connectivity index (χ1) is 6.90. The van der Waals surface area contributed by atoms with E-state index in [9.17, 15) is 0 Å². The van der Waals surface area contributed by atoms with Gasteiger partial charge in [-0.05, 0) is 14.0 Å². The zero-order valence-electron chi connectivity index (χ0n) is 8.71. The van der Waals surface area contributed by atoms with Gasteiger partial charge in [-0.3, -0.25) is 0 Å². The van der Waals surface area contributed by atoms with Crippen LogP contribution in [0.4, 0.5) is 0 Å². The first-order valence-electron chi connectivity index (χ1n) is 4.08. The molecule has 0 aromatic rings. The maximum atomic E-state index is 8.89. The number of carboxylic acids is 1. The molecule has 0 fully saturated rings. The van der Waals surface area contributed by atoms with Gasteiger partial charge < -0.3 is 24.8 Å². The second-order valence-corrected chi connectivity index (χ2v) is 3.43. The molecule has 0 atom stereocenters. The average molecular weight is 363 g/mol. The Balaban J connectivity index is 0. The van der Waals surface area contributed by atoms with Crippen LogP contribution >= 0.6 is 23.2 Å². The minimum Gasteiger partial charge on any atom is -0.550 e. The Morgan fingerprint density at radius 2 is 1.94 bits per heavy atom. The molecule has 0 aromatic heterocycles. The zero-order valence-corrected chi connectivity index (χ0v) is 11.7. The van der Waals surface area contributed by atoms with Crippen LogP contribution in [0.1, 0.15) is 6.92 Å². The van der Waals surface area contributed by atoms with Gasteiger partial charge in [-0.25, -0.2) is 0 Å². The number of aliphatic hydroxyl groups is 1. The number of halogens is 2. The van der Waals surface area contributed by atoms with Crippen LogP contribution in [0.5, 0.6) is 0 Å². The average Bonchev–Trinajstić information content (AvgIpc) is 2.34. The van der Waals surface area contributed by atoms with Crippen LogP contribution in [-0.2, 0) is 27.2 Å². The molecular formula is C8H12AgCl2N2O3-. The number of hydrogen-bond donors (Lipinski definition) is 1. The third-order valence-corrected chi connectivity index (χ3v) is 2.32. The van der Waals surface area contributed by atoms with E-state index in [1.807, 2.05) is 0 Å². The summed E-state index contributed by atoms with van der Waals surface area (Å²) in [6, 6.07) is 0. The van der Waals surface area contributed by atoms with Crippen LogP contribution in [0, 0.1) is 6.67 Å². The van der Waals surface area contributed by atoms with E-state index in [2.05, 4.69) is 0 Å². The molecule has 0 spiro atoms. The summed E-state index contributed by atoms with van der Waals surface area (Å²) in [6.07, 6.45) is 0. The van der Waals surface area contributed by atoms with Gasteiger partial charge >= 0.3 is 22.4 Å². The molecule has 1 N–H and O–H groups in total. The fraction of sp³-hybridized carbons (Fsp3) is 0.500. The molecule has 5 nitrogen and oxygen atoms in total. The van der Waals surface area contributed by atoms with E-state index < -0.39 is 5.97 Å². The van der Waals surface area contributed by atoms with Crippen molar-refractivity contribution in [3.63, 3.8) is 0 Å². The first-order valence-corrected chi connectivity index (χ1v) is 4.84. The van der Waals surface area contributed by atoms with Crippen molar-refractivity contribution in [3.8, 4) is 0 Å². The fourth-order valence-corrected chi connectivity index (χ4v) is 1.25. The van der Waals surface area contributed by atoms with Gasteiger partial charge in [-0.15, -0.1) is 0 Å². The maximum absolute atomic E-state index is 8.89. The third kappa shape index (κ3) is 6.63. The summed E-state index contributed by atoms with van der Waals surface area (Å²) >= 11 is 11.6. The molecule has 1 heterocycles. The second kappa shape index (κ2) is 9.15. The Hall–Kier alpha value is 0.0903. The second-order valence-electron chi connectivity index (χ2n) is 2.72. The van der Waals surface area contributed by atoms with E-state index in [0.717, 1.165) is 6.92 Å². The molecule has 98 valence electrons. The summed E-state index contributed by atoms with van der Waals surface area (Å²) in [7, 11) is 1.79. The van der Waals surface area contributed by atoms with Gasteiger partial charge in [0, 0.05) is 12.5 Å². The van der Waals surface area contributed by atoms with E-state index in [1.54, 1.807) is 23.5 Å². The normalized spacial score (nSPS) is 14.3. The molecule has 0 radical (unpaired) electrons. The standard InChI is InChI=1S/C6H9Cl2N2O.C2H4O2.Ag/c1-9-4-10(2-3-11)6(8)5(9)7;1-2(3)4;/h4,11H,2-3H2,1H3;1H3,(H,3,4);/q-1;;+1/p-1. The van der Waals surface area contributed by atoms with Crippen molar-refractivity contribution in [2.45, 2.75) is 6.92 Å². The number of aliphatic carboxylic acids is 1. The summed E-state index contributed by atoms with van der Waals surface area (Å²) in [5.41, 5.74) is 0. The number of carbonyl (C=O) groups is 1. The van der Waals surface area contributed by atoms with Gasteiger partial charge in [0.25, 0.3) is 0 Å². The van der Waals surface area contributed by atoms with Gasteiger partial charge in [0.2, 0.25) is 0 Å². The van der Waals surface area contributed by atoms with Crippen LogP contribution in [-0.4, -0.2) is 41.1 Å². The quantitative estimate of drug-likeness (QED) is 0.415. The van der Waals surface area contributed by atoms with Crippen molar-refractivity contribution in [2.75, 3.05) is 20.2 Å². The molecule has 1 aliphatic rings. The summed E-state index contributed by atoms with van der Waals surface area (Å²) < 4.78 is 0. The zero-order chi connectivity index (χ0) is 12.0. The van der Waals surface area contributed by atoms with Crippen LogP contribution < -0.4 is 5.11 Å². The van der Waals surface area contributed by atoms with Gasteiger partial charge in [-0.2, -0.15) is 6.67 Å². The van der Waals surface area contributed by atoms with Crippen LogP contribution in [0.25, 0.3) is 0 Å². The molecule has 0 saturated heterocycles. The number of carboxylic acid groups (broad SMARTS) is 1. The van der Waals surface area contributed by atoms with Gasteiger partial charge in [0.15, 0.2) is 0 Å². The SMILES string of the molecule is CC(=O)[O-].CN1[CH-]N(CCO)C(Cl)=C1Cl.[Ag+]. The fourth-order valence-electron chi connectivity index (χ4n) is 0.838. The Morgan fingerprint density at radius 1 is 1.50 bits per heavy atom. The number of carbonyl (C=O) groups excluding carboxylic acids is 1. The van der Waals surface area contributed by atoms with E-state index in [0.29, 0.717) is 16.9 Å². The summed E-state index contributed by atoms with van der Waals surface area (Å²) in [6.45, 7) is 3.24. The molecule has 8 heteroatoms. The van der Waals surface area contributed by atoms with Crippen molar-refractivity contribution in [1.29, 1.82) is 0 Å². The van der Waals surface area contributed by atoms with E-state index in [-0.39, 0.29) is 29.0 Å². The summed E-state index contributed by atoms with van der Waals surface area (Å²) in [5.74, 6) is -1.08. The molecule has 0 amide bonds. The molecular weight excluding hydrogens is 351 g/mol. The van der Waals surface area contributed by atoms with Gasteiger partial charge in [0.05, 0.1) is 6.61 Å².